The van der Waals surface area contributed by atoms with Gasteiger partial charge in [-0.25, -0.2) is 0 Å². The number of carboxylic acid groups (broad SMARTS) is 1. The first-order valence-corrected chi connectivity index (χ1v) is 13.7. The van der Waals surface area contributed by atoms with Crippen molar-refractivity contribution < 1.29 is 29.0 Å². The van der Waals surface area contributed by atoms with Crippen LogP contribution in [-0.2, 0) is 23.9 Å². The maximum atomic E-state index is 12.0. The highest BCUT2D eigenvalue weighted by molar-refractivity contribution is 5.78. The lowest BCUT2D eigenvalue weighted by Crippen LogP contribution is -2.36. The highest BCUT2D eigenvalue weighted by atomic mass is 16.5. The molecule has 1 rings (SSSR count). The molecule has 0 amide bonds. The summed E-state index contributed by atoms with van der Waals surface area (Å²) in [5.41, 5.74) is 0. The van der Waals surface area contributed by atoms with Gasteiger partial charge in [-0.05, 0) is 52.7 Å². The maximum absolute atomic E-state index is 12.0. The Bertz CT molecular complexity index is 598. The predicted octanol–water partition coefficient (Wildman–Crippen LogP) is 4.30. The lowest BCUT2D eigenvalue weighted by atomic mass is 10.1. The van der Waals surface area contributed by atoms with Gasteiger partial charge in [0, 0.05) is 45.6 Å². The summed E-state index contributed by atoms with van der Waals surface area (Å²) in [6, 6.07) is -0.573. The van der Waals surface area contributed by atoms with Crippen molar-refractivity contribution in [1.82, 2.24) is 9.80 Å². The number of rotatable bonds is 22. The number of hydrogen-bond acceptors (Lipinski definition) is 7. The number of carbonyl (C=O) groups is 3. The molecular formula is C27H50N2O6. The van der Waals surface area contributed by atoms with E-state index in [1.54, 1.807) is 0 Å². The minimum absolute atomic E-state index is 0.259. The van der Waals surface area contributed by atoms with E-state index >= 15 is 0 Å². The van der Waals surface area contributed by atoms with Gasteiger partial charge in [-0.3, -0.25) is 19.3 Å². The first-order valence-electron chi connectivity index (χ1n) is 13.7. The van der Waals surface area contributed by atoms with Gasteiger partial charge in [-0.1, -0.05) is 39.0 Å². The van der Waals surface area contributed by atoms with Crippen molar-refractivity contribution in [3.8, 4) is 0 Å². The minimum Gasteiger partial charge on any atom is -0.480 e. The molecule has 1 N–H and O–H groups in total. The van der Waals surface area contributed by atoms with Gasteiger partial charge in [-0.2, -0.15) is 0 Å². The third kappa shape index (κ3) is 16.0. The van der Waals surface area contributed by atoms with E-state index in [9.17, 15) is 19.5 Å². The Morgan fingerprint density at radius 3 is 2.14 bits per heavy atom. The first-order chi connectivity index (χ1) is 16.8. The molecule has 0 aromatic rings. The molecule has 1 aliphatic heterocycles. The zero-order valence-corrected chi connectivity index (χ0v) is 22.5. The highest BCUT2D eigenvalue weighted by Crippen LogP contribution is 2.22. The Morgan fingerprint density at radius 1 is 0.886 bits per heavy atom. The van der Waals surface area contributed by atoms with E-state index in [2.05, 4.69) is 6.92 Å². The van der Waals surface area contributed by atoms with Crippen molar-refractivity contribution in [2.24, 2.45) is 0 Å². The number of esters is 1. The molecule has 0 radical (unpaired) electrons. The van der Waals surface area contributed by atoms with E-state index in [0.29, 0.717) is 44.7 Å². The topological polar surface area (TPSA) is 96.4 Å². The summed E-state index contributed by atoms with van der Waals surface area (Å²) in [6.45, 7) is 5.50. The molecule has 1 unspecified atom stereocenters. The Hall–Kier alpha value is -1.51. The van der Waals surface area contributed by atoms with E-state index in [1.807, 2.05) is 23.9 Å². The second kappa shape index (κ2) is 19.7. The second-order valence-corrected chi connectivity index (χ2v) is 10.1. The molecule has 1 saturated heterocycles. The van der Waals surface area contributed by atoms with E-state index < -0.39 is 12.0 Å². The molecule has 0 saturated carbocycles. The van der Waals surface area contributed by atoms with E-state index in [0.717, 1.165) is 83.8 Å². The molecule has 0 bridgehead atoms. The summed E-state index contributed by atoms with van der Waals surface area (Å²) in [5.74, 6) is -0.698. The molecule has 2 atom stereocenters. The van der Waals surface area contributed by atoms with E-state index in [1.165, 1.54) is 0 Å². The number of unbranched alkanes of at least 4 members (excludes halogenated alkanes) is 7. The summed E-state index contributed by atoms with van der Waals surface area (Å²) >= 11 is 0. The molecule has 1 aliphatic rings. The number of aliphatic carboxylic acids is 1. The van der Waals surface area contributed by atoms with Crippen LogP contribution in [0.4, 0.5) is 0 Å². The van der Waals surface area contributed by atoms with Crippen LogP contribution in [0.15, 0.2) is 0 Å². The van der Waals surface area contributed by atoms with Crippen LogP contribution in [0.1, 0.15) is 96.8 Å². The Kier molecular flexibility index (Phi) is 17.7. The van der Waals surface area contributed by atoms with Gasteiger partial charge in [0.2, 0.25) is 0 Å². The predicted molar refractivity (Wildman–Crippen MR) is 138 cm³/mol. The molecule has 0 aliphatic carbocycles. The molecule has 204 valence electrons. The summed E-state index contributed by atoms with van der Waals surface area (Å²) in [5, 5.41) is 9.54. The van der Waals surface area contributed by atoms with Gasteiger partial charge in [-0.15, -0.1) is 0 Å². The minimum atomic E-state index is -0.842. The van der Waals surface area contributed by atoms with Crippen LogP contribution < -0.4 is 0 Å². The van der Waals surface area contributed by atoms with Gasteiger partial charge >= 0.3 is 11.9 Å². The second-order valence-electron chi connectivity index (χ2n) is 10.1. The van der Waals surface area contributed by atoms with Crippen LogP contribution in [0.2, 0.25) is 0 Å². The fourth-order valence-electron chi connectivity index (χ4n) is 4.39. The molecule has 8 heteroatoms. The quantitative estimate of drug-likeness (QED) is 0.174. The molecular weight excluding hydrogens is 448 g/mol. The number of ketones is 1. The summed E-state index contributed by atoms with van der Waals surface area (Å²) in [4.78, 5) is 39.2. The Balaban J connectivity index is 2.03. The standard InChI is InChI=1S/C27H50N2O6/c1-4-5-9-14-23(30)15-10-8-13-20-34-19-12-7-6-11-17-29-22-24(21-25(29)27(32)33)35-26(31)16-18-28(2)3/h24-25H,4-22H2,1-3H3,(H,32,33)/t24?,25-/m0/s1. The summed E-state index contributed by atoms with van der Waals surface area (Å²) < 4.78 is 11.2. The average molecular weight is 499 g/mol. The largest absolute Gasteiger partial charge is 0.480 e. The van der Waals surface area contributed by atoms with E-state index in [-0.39, 0.29) is 12.1 Å². The molecule has 0 aromatic carbocycles. The van der Waals surface area contributed by atoms with Gasteiger partial charge < -0.3 is 19.5 Å². The van der Waals surface area contributed by atoms with Crippen molar-refractivity contribution in [1.29, 1.82) is 0 Å². The zero-order chi connectivity index (χ0) is 25.9. The monoisotopic (exact) mass is 498 g/mol. The van der Waals surface area contributed by atoms with Crippen LogP contribution in [0.5, 0.6) is 0 Å². The lowest BCUT2D eigenvalue weighted by molar-refractivity contribution is -0.149. The number of Topliss-reactive ketones (excluding diaryl/α,β-unsaturated/α-hetero) is 1. The molecule has 1 fully saturated rings. The maximum Gasteiger partial charge on any atom is 0.321 e. The smallest absolute Gasteiger partial charge is 0.321 e. The van der Waals surface area contributed by atoms with Gasteiger partial charge in [0.15, 0.2) is 0 Å². The summed E-state index contributed by atoms with van der Waals surface area (Å²) in [7, 11) is 3.80. The van der Waals surface area contributed by atoms with Crippen molar-refractivity contribution in [2.45, 2.75) is 109 Å². The van der Waals surface area contributed by atoms with Gasteiger partial charge in [0.25, 0.3) is 0 Å². The van der Waals surface area contributed by atoms with Crippen molar-refractivity contribution in [3.05, 3.63) is 0 Å². The number of carboxylic acids is 1. The lowest BCUT2D eigenvalue weighted by Gasteiger charge is -2.20. The van der Waals surface area contributed by atoms with Gasteiger partial charge in [0.1, 0.15) is 17.9 Å². The Labute approximate surface area is 212 Å². The normalized spacial score (nSPS) is 18.3. The van der Waals surface area contributed by atoms with E-state index in [4.69, 9.17) is 9.47 Å². The van der Waals surface area contributed by atoms with Crippen LogP contribution >= 0.6 is 0 Å². The number of nitrogens with zero attached hydrogens (tertiary/aromatic N) is 2. The number of likely N-dealkylation sites (tertiary alicyclic amines) is 1. The fraction of sp³-hybridized carbons (Fsp3) is 0.889. The fourth-order valence-corrected chi connectivity index (χ4v) is 4.39. The van der Waals surface area contributed by atoms with Gasteiger partial charge in [0.05, 0.1) is 6.42 Å². The summed E-state index contributed by atoms with van der Waals surface area (Å²) in [6.07, 6.45) is 12.2. The highest BCUT2D eigenvalue weighted by Gasteiger charge is 2.38. The third-order valence-corrected chi connectivity index (χ3v) is 6.50. The van der Waals surface area contributed by atoms with Crippen molar-refractivity contribution >= 4 is 17.7 Å². The molecule has 0 aromatic heterocycles. The van der Waals surface area contributed by atoms with Crippen LogP contribution in [0.3, 0.4) is 0 Å². The molecule has 0 spiro atoms. The van der Waals surface area contributed by atoms with Crippen LogP contribution in [0.25, 0.3) is 0 Å². The number of hydrogen-bond donors (Lipinski definition) is 1. The molecule has 8 nitrogen and oxygen atoms in total. The van der Waals surface area contributed by atoms with Crippen LogP contribution in [0, 0.1) is 0 Å². The first kappa shape index (κ1) is 31.5. The Morgan fingerprint density at radius 2 is 1.51 bits per heavy atom. The van der Waals surface area contributed by atoms with Crippen molar-refractivity contribution in [3.63, 3.8) is 0 Å². The SMILES string of the molecule is CCCCCC(=O)CCCCCOCCCCCCN1CC(OC(=O)CCN(C)C)C[C@H]1C(=O)O. The van der Waals surface area contributed by atoms with Crippen LogP contribution in [-0.4, -0.2) is 91.7 Å². The third-order valence-electron chi connectivity index (χ3n) is 6.50. The molecule has 35 heavy (non-hydrogen) atoms. The van der Waals surface area contributed by atoms with Crippen molar-refractivity contribution in [2.75, 3.05) is 46.9 Å². The molecule has 1 heterocycles. The number of ether oxygens (including phenoxy) is 2. The zero-order valence-electron chi connectivity index (χ0n) is 22.5. The average Bonchev–Trinajstić information content (AvgIpc) is 3.21. The number of carbonyl (C=O) groups excluding carboxylic acids is 2.